The van der Waals surface area contributed by atoms with Gasteiger partial charge in [0, 0.05) is 21.7 Å². The average molecular weight is 1170 g/mol. The Hall–Kier alpha value is -9.42. The Bertz CT molecular complexity index is 4610. The summed E-state index contributed by atoms with van der Waals surface area (Å²) in [7, 11) is -3.40. The van der Waals surface area contributed by atoms with Crippen molar-refractivity contribution in [2.45, 2.75) is 77.0 Å². The lowest BCUT2D eigenvalue weighted by Crippen LogP contribution is -2.70. The third-order valence-electron chi connectivity index (χ3n) is 22.2. The molecule has 5 heteroatoms. The topological polar surface area (TPSA) is 0 Å². The molecule has 0 aromatic heterocycles. The van der Waals surface area contributed by atoms with Gasteiger partial charge in [-0.3, -0.25) is 0 Å². The first kappa shape index (κ1) is 52.7. The van der Waals surface area contributed by atoms with Gasteiger partial charge in [-0.2, -0.15) is 0 Å². The standard InChI is InChI=1S/C84H60F4Si/c1-81(2)69-33-45(9-21-57(69)61-29-17-53(85)41-73(61)81)49-13-25-65-66-26-14-50(46-10-22-58-62-30-18-54(86)42-74(62)82(3,4)70(58)34-46)38-78(66)89(77(65)37-49)79-39-51(47-11-23-59-63-31-19-55(87)43-75(63)83(5,6)71(59)35-47)15-27-67(79)68-28-16-52(40-80(68)89)48-12-24-60-64-32-20-56(88)44-76(64)84(7,8)72(60)36-48/h9-44H,1-8H3. The van der Waals surface area contributed by atoms with Gasteiger partial charge in [-0.15, -0.1) is 0 Å². The minimum Gasteiger partial charge on any atom is -0.207 e. The van der Waals surface area contributed by atoms with E-state index in [0.717, 1.165) is 111 Å². The van der Waals surface area contributed by atoms with Crippen molar-refractivity contribution >= 4 is 28.8 Å². The average Bonchev–Trinajstić information content (AvgIpc) is 1.52. The van der Waals surface area contributed by atoms with Crippen LogP contribution in [0.15, 0.2) is 218 Å². The van der Waals surface area contributed by atoms with Crippen LogP contribution >= 0.6 is 0 Å². The van der Waals surface area contributed by atoms with Gasteiger partial charge in [0.15, 0.2) is 8.07 Å². The summed E-state index contributed by atoms with van der Waals surface area (Å²) in [5.74, 6) is -0.901. The number of rotatable bonds is 4. The molecule has 0 amide bonds. The fraction of sp³-hybridized carbons (Fsp3) is 0.143. The molecule has 2 heterocycles. The van der Waals surface area contributed by atoms with Gasteiger partial charge in [0.1, 0.15) is 23.3 Å². The minimum atomic E-state index is -3.40. The molecule has 0 saturated carbocycles. The Morgan fingerprint density at radius 2 is 0.348 bits per heavy atom. The first-order valence-corrected chi connectivity index (χ1v) is 33.1. The summed E-state index contributed by atoms with van der Waals surface area (Å²) in [6.45, 7) is 17.7. The lowest BCUT2D eigenvalue weighted by atomic mass is 9.81. The molecule has 2 aliphatic heterocycles. The molecule has 0 atom stereocenters. The van der Waals surface area contributed by atoms with Crippen molar-refractivity contribution in [1.82, 2.24) is 0 Å². The highest BCUT2D eigenvalue weighted by molar-refractivity contribution is 7.24. The summed E-state index contributed by atoms with van der Waals surface area (Å²) in [4.78, 5) is 0. The Morgan fingerprint density at radius 1 is 0.191 bits per heavy atom. The number of hydrogen-bond acceptors (Lipinski definition) is 0. The number of halogens is 4. The highest BCUT2D eigenvalue weighted by Crippen LogP contribution is 2.55. The van der Waals surface area contributed by atoms with E-state index in [0.29, 0.717) is 0 Å². The largest absolute Gasteiger partial charge is 0.207 e. The van der Waals surface area contributed by atoms with E-state index >= 15 is 17.6 Å². The molecule has 4 aliphatic carbocycles. The van der Waals surface area contributed by atoms with Gasteiger partial charge in [0.2, 0.25) is 0 Å². The molecular weight excluding hydrogens is 1110 g/mol. The molecule has 89 heavy (non-hydrogen) atoms. The summed E-state index contributed by atoms with van der Waals surface area (Å²) in [6, 6.07) is 77.0. The molecule has 0 bridgehead atoms. The summed E-state index contributed by atoms with van der Waals surface area (Å²) in [6.07, 6.45) is 0. The van der Waals surface area contributed by atoms with Gasteiger partial charge in [-0.05, 0) is 249 Å². The van der Waals surface area contributed by atoms with Crippen LogP contribution in [0.4, 0.5) is 17.6 Å². The van der Waals surface area contributed by atoms with Gasteiger partial charge < -0.3 is 0 Å². The maximum atomic E-state index is 15.0. The Labute approximate surface area is 517 Å². The normalized spacial score (nSPS) is 16.3. The Balaban J connectivity index is 0.885. The van der Waals surface area contributed by atoms with E-state index in [-0.39, 0.29) is 23.3 Å². The molecule has 12 aromatic rings. The molecule has 0 fully saturated rings. The summed E-state index contributed by atoms with van der Waals surface area (Å²) >= 11 is 0. The van der Waals surface area contributed by atoms with Gasteiger partial charge in [0.05, 0.1) is 0 Å². The van der Waals surface area contributed by atoms with Gasteiger partial charge in [-0.25, -0.2) is 17.6 Å². The fourth-order valence-corrected chi connectivity index (χ4v) is 23.2. The van der Waals surface area contributed by atoms with Crippen molar-refractivity contribution in [1.29, 1.82) is 0 Å². The van der Waals surface area contributed by atoms with Crippen molar-refractivity contribution in [2.24, 2.45) is 0 Å². The quantitative estimate of drug-likeness (QED) is 0.122. The Kier molecular flexibility index (Phi) is 10.3. The number of hydrogen-bond donors (Lipinski definition) is 0. The van der Waals surface area contributed by atoms with E-state index in [1.54, 1.807) is 48.5 Å². The monoisotopic (exact) mass is 1170 g/mol. The SMILES string of the molecule is CC1(C)c2cc(F)ccc2-c2ccc(-c3ccc4c(c3)[Si]3(c5cc(-c6ccc7c(c6)C(C)(C)c6cc(F)ccc6-7)ccc5-4)c4cc(-c5ccc6c(c5)C(C)(C)c5cc(F)ccc5-6)ccc4-c4ccc(-c5ccc6c(c5)C(C)(C)c5cc(F)ccc5-6)cc43)cc21. The van der Waals surface area contributed by atoms with Crippen molar-refractivity contribution in [3.05, 3.63) is 286 Å². The van der Waals surface area contributed by atoms with Crippen LogP contribution in [0.5, 0.6) is 0 Å². The molecule has 6 aliphatic rings. The summed E-state index contributed by atoms with van der Waals surface area (Å²) in [5.41, 5.74) is 29.8. The maximum absolute atomic E-state index is 15.0. The van der Waals surface area contributed by atoms with Gasteiger partial charge >= 0.3 is 0 Å². The number of benzene rings is 12. The van der Waals surface area contributed by atoms with E-state index in [1.165, 1.54) is 65.3 Å². The fourth-order valence-electron chi connectivity index (χ4n) is 17.5. The van der Waals surface area contributed by atoms with E-state index < -0.39 is 29.7 Å². The van der Waals surface area contributed by atoms with Gasteiger partial charge in [0.25, 0.3) is 0 Å². The highest BCUT2D eigenvalue weighted by atomic mass is 28.3. The lowest BCUT2D eigenvalue weighted by molar-refractivity contribution is 0.609. The van der Waals surface area contributed by atoms with Gasteiger partial charge in [-0.1, -0.05) is 201 Å². The van der Waals surface area contributed by atoms with Crippen molar-refractivity contribution in [2.75, 3.05) is 0 Å². The first-order valence-electron chi connectivity index (χ1n) is 31.1. The van der Waals surface area contributed by atoms with Crippen LogP contribution in [0.25, 0.3) is 111 Å². The van der Waals surface area contributed by atoms with Crippen LogP contribution in [0, 0.1) is 23.3 Å². The van der Waals surface area contributed by atoms with Crippen molar-refractivity contribution < 1.29 is 17.6 Å². The predicted molar refractivity (Wildman–Crippen MR) is 360 cm³/mol. The second kappa shape index (κ2) is 17.5. The van der Waals surface area contributed by atoms with E-state index in [2.05, 4.69) is 201 Å². The molecular formula is C84H60F4Si. The molecule has 18 rings (SSSR count). The second-order valence-electron chi connectivity index (χ2n) is 28.1. The van der Waals surface area contributed by atoms with Crippen molar-refractivity contribution in [3.63, 3.8) is 0 Å². The van der Waals surface area contributed by atoms with Crippen LogP contribution in [-0.2, 0) is 21.7 Å². The molecule has 0 saturated heterocycles. The maximum Gasteiger partial charge on any atom is 0.182 e. The molecule has 0 radical (unpaired) electrons. The van der Waals surface area contributed by atoms with Crippen LogP contribution < -0.4 is 20.7 Å². The third-order valence-corrected chi connectivity index (χ3v) is 27.0. The molecule has 1 spiro atoms. The minimum absolute atomic E-state index is 0.225. The smallest absolute Gasteiger partial charge is 0.182 e. The predicted octanol–water partition coefficient (Wildman–Crippen LogP) is 19.5. The first-order chi connectivity index (χ1) is 42.7. The zero-order valence-corrected chi connectivity index (χ0v) is 51.8. The van der Waals surface area contributed by atoms with Crippen molar-refractivity contribution in [3.8, 4) is 111 Å². The molecule has 0 N–H and O–H groups in total. The zero-order valence-electron chi connectivity index (χ0n) is 50.8. The zero-order chi connectivity index (χ0) is 60.7. The third kappa shape index (κ3) is 6.89. The summed E-state index contributed by atoms with van der Waals surface area (Å²) in [5, 5.41) is 5.31. The van der Waals surface area contributed by atoms with Crippen LogP contribution in [0.1, 0.15) is 99.9 Å². The molecule has 12 aromatic carbocycles. The summed E-state index contributed by atoms with van der Waals surface area (Å²) < 4.78 is 60.2. The highest BCUT2D eigenvalue weighted by Gasteiger charge is 2.55. The van der Waals surface area contributed by atoms with Crippen LogP contribution in [-0.4, -0.2) is 8.07 Å². The van der Waals surface area contributed by atoms with E-state index in [4.69, 9.17) is 0 Å². The number of fused-ring (bicyclic) bond motifs is 22. The van der Waals surface area contributed by atoms with E-state index in [9.17, 15) is 0 Å². The molecule has 0 unspecified atom stereocenters. The molecule has 428 valence electrons. The van der Waals surface area contributed by atoms with Crippen LogP contribution in [0.2, 0.25) is 0 Å². The Morgan fingerprint density at radius 3 is 0.551 bits per heavy atom. The van der Waals surface area contributed by atoms with Crippen LogP contribution in [0.3, 0.4) is 0 Å². The molecule has 0 nitrogen and oxygen atoms in total. The lowest BCUT2D eigenvalue weighted by Gasteiger charge is -2.29. The second-order valence-corrected chi connectivity index (χ2v) is 31.7. The van der Waals surface area contributed by atoms with E-state index in [1.807, 2.05) is 24.3 Å².